The molecule has 0 saturated carbocycles. The number of aryl methyl sites for hydroxylation is 1. The minimum absolute atomic E-state index is 0.123. The van der Waals surface area contributed by atoms with E-state index in [0.29, 0.717) is 23.6 Å². The number of nitrogens with zero attached hydrogens (tertiary/aromatic N) is 2. The summed E-state index contributed by atoms with van der Waals surface area (Å²) >= 11 is 0. The second-order valence-electron chi connectivity index (χ2n) is 4.66. The Hall–Kier alpha value is -1.83. The van der Waals surface area contributed by atoms with Gasteiger partial charge in [-0.1, -0.05) is 12.1 Å². The fraction of sp³-hybridized carbons (Fsp3) is 0.286. The fourth-order valence-corrected chi connectivity index (χ4v) is 3.31. The van der Waals surface area contributed by atoms with E-state index in [1.54, 1.807) is 38.2 Å². The molecule has 0 saturated heterocycles. The number of rotatable bonds is 5. The molecule has 1 heterocycles. The van der Waals surface area contributed by atoms with Crippen LogP contribution in [0.4, 0.5) is 0 Å². The second kappa shape index (κ2) is 6.30. The molecule has 0 spiro atoms. The van der Waals surface area contributed by atoms with Crippen molar-refractivity contribution >= 4 is 10.0 Å². The zero-order chi connectivity index (χ0) is 15.5. The van der Waals surface area contributed by atoms with Crippen molar-refractivity contribution in [1.29, 1.82) is 0 Å². The third kappa shape index (κ3) is 3.63. The van der Waals surface area contributed by atoms with Gasteiger partial charge in [-0.2, -0.15) is 0 Å². The van der Waals surface area contributed by atoms with Crippen LogP contribution in [-0.4, -0.2) is 18.4 Å². The summed E-state index contributed by atoms with van der Waals surface area (Å²) < 4.78 is 27.3. The Labute approximate surface area is 124 Å². The monoisotopic (exact) mass is 306 g/mol. The van der Waals surface area contributed by atoms with Crippen LogP contribution in [0.15, 0.2) is 35.4 Å². The Morgan fingerprint density at radius 1 is 1.24 bits per heavy atom. The average Bonchev–Trinajstić information content (AvgIpc) is 2.45. The summed E-state index contributed by atoms with van der Waals surface area (Å²) in [7, 11) is -3.60. The van der Waals surface area contributed by atoms with E-state index in [1.807, 2.05) is 6.07 Å². The normalized spacial score (nSPS) is 11.6. The number of hydrogen-bond donors (Lipinski definition) is 2. The molecule has 0 atom stereocenters. The standard InChI is InChI=1S/C14H18N4O2S/c1-10-12(8-15)4-3-5-14(10)21(19,20)17-9-13-6-7-16-11(2)18-13/h3-7,17H,8-9,15H2,1-2H3. The van der Waals surface area contributed by atoms with Crippen LogP contribution >= 0.6 is 0 Å². The van der Waals surface area contributed by atoms with Crippen LogP contribution in [0.1, 0.15) is 22.6 Å². The molecule has 3 N–H and O–H groups in total. The van der Waals surface area contributed by atoms with Crippen LogP contribution in [0.3, 0.4) is 0 Å². The Bertz CT molecular complexity index is 744. The third-order valence-electron chi connectivity index (χ3n) is 3.18. The van der Waals surface area contributed by atoms with Gasteiger partial charge in [-0.05, 0) is 37.1 Å². The molecule has 0 aliphatic rings. The fourth-order valence-electron chi connectivity index (χ4n) is 2.02. The Morgan fingerprint density at radius 2 is 2.00 bits per heavy atom. The van der Waals surface area contributed by atoms with Crippen LogP contribution in [0.5, 0.6) is 0 Å². The SMILES string of the molecule is Cc1nccc(CNS(=O)(=O)c2cccc(CN)c2C)n1. The molecule has 0 aliphatic heterocycles. The van der Waals surface area contributed by atoms with E-state index in [0.717, 1.165) is 5.56 Å². The van der Waals surface area contributed by atoms with Gasteiger partial charge < -0.3 is 5.73 Å². The van der Waals surface area contributed by atoms with Crippen LogP contribution in [0.2, 0.25) is 0 Å². The van der Waals surface area contributed by atoms with Crippen LogP contribution in [-0.2, 0) is 23.1 Å². The summed E-state index contributed by atoms with van der Waals surface area (Å²) in [5.74, 6) is 0.605. The van der Waals surface area contributed by atoms with Crippen molar-refractivity contribution < 1.29 is 8.42 Å². The summed E-state index contributed by atoms with van der Waals surface area (Å²) in [6.07, 6.45) is 1.60. The maximum atomic E-state index is 12.4. The number of sulfonamides is 1. The second-order valence-corrected chi connectivity index (χ2v) is 6.40. The van der Waals surface area contributed by atoms with Crippen molar-refractivity contribution in [2.24, 2.45) is 5.73 Å². The molecule has 2 rings (SSSR count). The Kier molecular flexibility index (Phi) is 4.66. The third-order valence-corrected chi connectivity index (χ3v) is 4.73. The molecule has 6 nitrogen and oxygen atoms in total. The highest BCUT2D eigenvalue weighted by atomic mass is 32.2. The number of nitrogens with one attached hydrogen (secondary N) is 1. The number of nitrogens with two attached hydrogens (primary N) is 1. The lowest BCUT2D eigenvalue weighted by atomic mass is 10.1. The molecular formula is C14H18N4O2S. The molecule has 21 heavy (non-hydrogen) atoms. The summed E-state index contributed by atoms with van der Waals surface area (Å²) in [6.45, 7) is 3.94. The smallest absolute Gasteiger partial charge is 0.241 e. The Morgan fingerprint density at radius 3 is 2.67 bits per heavy atom. The first kappa shape index (κ1) is 15.6. The maximum absolute atomic E-state index is 12.4. The van der Waals surface area contributed by atoms with E-state index in [1.165, 1.54) is 0 Å². The highest BCUT2D eigenvalue weighted by Gasteiger charge is 2.18. The maximum Gasteiger partial charge on any atom is 0.241 e. The van der Waals surface area contributed by atoms with E-state index in [-0.39, 0.29) is 11.4 Å². The van der Waals surface area contributed by atoms with Gasteiger partial charge in [-0.3, -0.25) is 0 Å². The molecule has 0 fully saturated rings. The molecule has 1 aromatic carbocycles. The average molecular weight is 306 g/mol. The quantitative estimate of drug-likeness (QED) is 0.860. The summed E-state index contributed by atoms with van der Waals surface area (Å²) in [5.41, 5.74) is 7.72. The molecule has 0 bridgehead atoms. The molecule has 0 radical (unpaired) electrons. The van der Waals surface area contributed by atoms with Gasteiger partial charge in [0.1, 0.15) is 5.82 Å². The molecule has 0 amide bonds. The van der Waals surface area contributed by atoms with Gasteiger partial charge in [-0.15, -0.1) is 0 Å². The number of hydrogen-bond acceptors (Lipinski definition) is 5. The molecule has 0 unspecified atom stereocenters. The predicted octanol–water partition coefficient (Wildman–Crippen LogP) is 1.03. The highest BCUT2D eigenvalue weighted by Crippen LogP contribution is 2.18. The molecule has 112 valence electrons. The predicted molar refractivity (Wildman–Crippen MR) is 79.9 cm³/mol. The van der Waals surface area contributed by atoms with E-state index in [9.17, 15) is 8.42 Å². The minimum Gasteiger partial charge on any atom is -0.326 e. The number of aromatic nitrogens is 2. The van der Waals surface area contributed by atoms with E-state index < -0.39 is 10.0 Å². The minimum atomic E-state index is -3.60. The van der Waals surface area contributed by atoms with Gasteiger partial charge in [0, 0.05) is 12.7 Å². The van der Waals surface area contributed by atoms with E-state index in [2.05, 4.69) is 14.7 Å². The van der Waals surface area contributed by atoms with Crippen LogP contribution in [0, 0.1) is 13.8 Å². The molecule has 1 aromatic heterocycles. The molecule has 0 aliphatic carbocycles. The van der Waals surface area contributed by atoms with Gasteiger partial charge >= 0.3 is 0 Å². The van der Waals surface area contributed by atoms with Crippen molar-refractivity contribution in [3.05, 3.63) is 53.1 Å². The van der Waals surface area contributed by atoms with Gasteiger partial charge in [-0.25, -0.2) is 23.1 Å². The van der Waals surface area contributed by atoms with Gasteiger partial charge in [0.05, 0.1) is 17.1 Å². The summed E-state index contributed by atoms with van der Waals surface area (Å²) in [5, 5.41) is 0. The number of benzene rings is 1. The lowest BCUT2D eigenvalue weighted by molar-refractivity contribution is 0.579. The molecular weight excluding hydrogens is 288 g/mol. The van der Waals surface area contributed by atoms with Crippen molar-refractivity contribution in [1.82, 2.24) is 14.7 Å². The van der Waals surface area contributed by atoms with Crippen LogP contribution in [0.25, 0.3) is 0 Å². The molecule has 7 heteroatoms. The van der Waals surface area contributed by atoms with E-state index in [4.69, 9.17) is 5.73 Å². The first-order valence-corrected chi connectivity index (χ1v) is 7.99. The van der Waals surface area contributed by atoms with Crippen molar-refractivity contribution in [2.75, 3.05) is 0 Å². The van der Waals surface area contributed by atoms with E-state index >= 15 is 0 Å². The summed E-state index contributed by atoms with van der Waals surface area (Å²) in [6, 6.07) is 6.77. The highest BCUT2D eigenvalue weighted by molar-refractivity contribution is 7.89. The van der Waals surface area contributed by atoms with Gasteiger partial charge in [0.15, 0.2) is 0 Å². The largest absolute Gasteiger partial charge is 0.326 e. The first-order valence-electron chi connectivity index (χ1n) is 6.51. The molecule has 2 aromatic rings. The van der Waals surface area contributed by atoms with Crippen molar-refractivity contribution in [3.8, 4) is 0 Å². The van der Waals surface area contributed by atoms with Crippen molar-refractivity contribution in [2.45, 2.75) is 31.8 Å². The van der Waals surface area contributed by atoms with Crippen LogP contribution < -0.4 is 10.5 Å². The topological polar surface area (TPSA) is 98.0 Å². The first-order chi connectivity index (χ1) is 9.94. The zero-order valence-electron chi connectivity index (χ0n) is 12.0. The Balaban J connectivity index is 2.23. The van der Waals surface area contributed by atoms with Gasteiger partial charge in [0.25, 0.3) is 0 Å². The van der Waals surface area contributed by atoms with Crippen molar-refractivity contribution in [3.63, 3.8) is 0 Å². The lowest BCUT2D eigenvalue weighted by Crippen LogP contribution is -2.25. The lowest BCUT2D eigenvalue weighted by Gasteiger charge is -2.11. The summed E-state index contributed by atoms with van der Waals surface area (Å²) in [4.78, 5) is 8.39. The zero-order valence-corrected chi connectivity index (χ0v) is 12.8. The van der Waals surface area contributed by atoms with Gasteiger partial charge in [0.2, 0.25) is 10.0 Å².